The third kappa shape index (κ3) is 2.56. The van der Waals surface area contributed by atoms with Crippen molar-refractivity contribution in [2.24, 2.45) is 0 Å². The summed E-state index contributed by atoms with van der Waals surface area (Å²) in [5, 5.41) is 12.3. The van der Waals surface area contributed by atoms with E-state index in [1.54, 1.807) is 25.2 Å². The summed E-state index contributed by atoms with van der Waals surface area (Å²) >= 11 is 0. The Morgan fingerprint density at radius 1 is 1.44 bits per heavy atom. The van der Waals surface area contributed by atoms with Crippen molar-refractivity contribution in [1.29, 1.82) is 0 Å². The molecule has 5 nitrogen and oxygen atoms in total. The fourth-order valence-electron chi connectivity index (χ4n) is 1.45. The van der Waals surface area contributed by atoms with Gasteiger partial charge in [0.1, 0.15) is 18.5 Å². The van der Waals surface area contributed by atoms with E-state index in [1.165, 1.54) is 0 Å². The van der Waals surface area contributed by atoms with Crippen LogP contribution in [0, 0.1) is 0 Å². The van der Waals surface area contributed by atoms with Crippen LogP contribution in [-0.4, -0.2) is 38.2 Å². The van der Waals surface area contributed by atoms with Crippen molar-refractivity contribution < 1.29 is 19.3 Å². The highest BCUT2D eigenvalue weighted by molar-refractivity contribution is 5.46. The molecule has 0 aliphatic carbocycles. The van der Waals surface area contributed by atoms with Gasteiger partial charge in [0, 0.05) is 12.6 Å². The number of fused-ring (bicyclic) bond motifs is 1. The van der Waals surface area contributed by atoms with E-state index in [4.69, 9.17) is 14.2 Å². The highest BCUT2D eigenvalue weighted by Crippen LogP contribution is 2.34. The Hall–Kier alpha value is -1.46. The molecule has 16 heavy (non-hydrogen) atoms. The number of likely N-dealkylation sites (N-methyl/N-ethyl adjacent to an activating group) is 1. The Morgan fingerprint density at radius 3 is 3.06 bits per heavy atom. The number of benzene rings is 1. The lowest BCUT2D eigenvalue weighted by Crippen LogP contribution is -2.29. The molecular formula is C11H15NO4. The van der Waals surface area contributed by atoms with Crippen molar-refractivity contribution >= 4 is 0 Å². The molecule has 1 aliphatic heterocycles. The van der Waals surface area contributed by atoms with Gasteiger partial charge in [0.05, 0.1) is 0 Å². The van der Waals surface area contributed by atoms with Crippen LogP contribution in [0.1, 0.15) is 0 Å². The topological polar surface area (TPSA) is 60.0 Å². The van der Waals surface area contributed by atoms with E-state index in [0.29, 0.717) is 18.0 Å². The summed E-state index contributed by atoms with van der Waals surface area (Å²) in [5.41, 5.74) is 0. The largest absolute Gasteiger partial charge is 0.491 e. The highest BCUT2D eigenvalue weighted by Gasteiger charge is 2.14. The molecule has 0 aromatic heterocycles. The molecule has 1 aliphatic rings. The van der Waals surface area contributed by atoms with Crippen LogP contribution in [0.4, 0.5) is 0 Å². The number of hydrogen-bond donors (Lipinski definition) is 2. The number of rotatable bonds is 5. The molecule has 0 unspecified atom stereocenters. The minimum Gasteiger partial charge on any atom is -0.491 e. The molecule has 0 saturated heterocycles. The van der Waals surface area contributed by atoms with Crippen LogP contribution in [0.15, 0.2) is 18.2 Å². The molecule has 0 spiro atoms. The first-order valence-electron chi connectivity index (χ1n) is 5.14. The Kier molecular flexibility index (Phi) is 3.48. The molecule has 1 atom stereocenters. The Labute approximate surface area is 93.9 Å². The molecular weight excluding hydrogens is 210 g/mol. The van der Waals surface area contributed by atoms with Crippen molar-refractivity contribution in [3.05, 3.63) is 18.2 Å². The van der Waals surface area contributed by atoms with Gasteiger partial charge in [0.25, 0.3) is 0 Å². The summed E-state index contributed by atoms with van der Waals surface area (Å²) in [5.74, 6) is 2.07. The predicted octanol–water partition coefficient (Wildman–Crippen LogP) is 0.374. The summed E-state index contributed by atoms with van der Waals surface area (Å²) in [6.07, 6.45) is -0.518. The number of aliphatic hydroxyl groups is 1. The van der Waals surface area contributed by atoms with E-state index in [1.807, 2.05) is 0 Å². The van der Waals surface area contributed by atoms with Gasteiger partial charge < -0.3 is 24.6 Å². The van der Waals surface area contributed by atoms with Gasteiger partial charge in [0.2, 0.25) is 6.79 Å². The molecule has 1 heterocycles. The van der Waals surface area contributed by atoms with Crippen molar-refractivity contribution in [2.75, 3.05) is 27.0 Å². The fraction of sp³-hybridized carbons (Fsp3) is 0.455. The van der Waals surface area contributed by atoms with E-state index in [2.05, 4.69) is 5.32 Å². The van der Waals surface area contributed by atoms with Crippen molar-refractivity contribution in [2.45, 2.75) is 6.10 Å². The minimum absolute atomic E-state index is 0.250. The highest BCUT2D eigenvalue weighted by atomic mass is 16.7. The molecule has 1 aromatic carbocycles. The van der Waals surface area contributed by atoms with E-state index < -0.39 is 6.10 Å². The van der Waals surface area contributed by atoms with Crippen molar-refractivity contribution in [1.82, 2.24) is 5.32 Å². The van der Waals surface area contributed by atoms with Crippen LogP contribution in [0.25, 0.3) is 0 Å². The van der Waals surface area contributed by atoms with Gasteiger partial charge in [-0.2, -0.15) is 0 Å². The summed E-state index contributed by atoms with van der Waals surface area (Å²) in [4.78, 5) is 0. The van der Waals surface area contributed by atoms with Crippen LogP contribution in [0.2, 0.25) is 0 Å². The molecule has 2 N–H and O–H groups in total. The van der Waals surface area contributed by atoms with Gasteiger partial charge in [-0.15, -0.1) is 0 Å². The van der Waals surface area contributed by atoms with Crippen LogP contribution in [0.5, 0.6) is 17.2 Å². The molecule has 0 radical (unpaired) electrons. The number of nitrogens with one attached hydrogen (secondary N) is 1. The maximum atomic E-state index is 9.46. The number of aliphatic hydroxyl groups excluding tert-OH is 1. The monoisotopic (exact) mass is 225 g/mol. The summed E-state index contributed by atoms with van der Waals surface area (Å²) in [7, 11) is 1.78. The van der Waals surface area contributed by atoms with Crippen molar-refractivity contribution in [3.63, 3.8) is 0 Å². The van der Waals surface area contributed by atoms with Gasteiger partial charge in [-0.05, 0) is 19.2 Å². The normalized spacial score (nSPS) is 14.9. The van der Waals surface area contributed by atoms with Crippen LogP contribution in [-0.2, 0) is 0 Å². The van der Waals surface area contributed by atoms with Gasteiger partial charge in [0.15, 0.2) is 11.5 Å². The van der Waals surface area contributed by atoms with E-state index in [9.17, 15) is 5.11 Å². The second-order valence-electron chi connectivity index (χ2n) is 3.54. The molecule has 0 bridgehead atoms. The smallest absolute Gasteiger partial charge is 0.231 e. The number of hydrogen-bond acceptors (Lipinski definition) is 5. The summed E-state index contributed by atoms with van der Waals surface area (Å²) in [6, 6.07) is 5.34. The molecule has 5 heteroatoms. The lowest BCUT2D eigenvalue weighted by molar-refractivity contribution is 0.108. The SMILES string of the molecule is CNC[C@@H](O)COc1ccc2c(c1)OCO2. The van der Waals surface area contributed by atoms with E-state index >= 15 is 0 Å². The van der Waals surface area contributed by atoms with Gasteiger partial charge >= 0.3 is 0 Å². The average Bonchev–Trinajstić information content (AvgIpc) is 2.74. The van der Waals surface area contributed by atoms with E-state index in [0.717, 1.165) is 5.75 Å². The van der Waals surface area contributed by atoms with E-state index in [-0.39, 0.29) is 13.4 Å². The predicted molar refractivity (Wildman–Crippen MR) is 58.0 cm³/mol. The summed E-state index contributed by atoms with van der Waals surface area (Å²) in [6.45, 7) is 1.01. The fourth-order valence-corrected chi connectivity index (χ4v) is 1.45. The third-order valence-electron chi connectivity index (χ3n) is 2.23. The first-order chi connectivity index (χ1) is 7.79. The second-order valence-corrected chi connectivity index (χ2v) is 3.54. The lowest BCUT2D eigenvalue weighted by atomic mass is 10.3. The first kappa shape index (κ1) is 11.0. The maximum absolute atomic E-state index is 9.46. The standard InChI is InChI=1S/C11H15NO4/c1-12-5-8(13)6-14-9-2-3-10-11(4-9)16-7-15-10/h2-4,8,12-13H,5-7H2,1H3/t8-/m1/s1. The molecule has 0 amide bonds. The zero-order valence-electron chi connectivity index (χ0n) is 9.10. The third-order valence-corrected chi connectivity index (χ3v) is 2.23. The average molecular weight is 225 g/mol. The first-order valence-corrected chi connectivity index (χ1v) is 5.14. The number of ether oxygens (including phenoxy) is 3. The summed E-state index contributed by atoms with van der Waals surface area (Å²) < 4.78 is 15.8. The van der Waals surface area contributed by atoms with Gasteiger partial charge in [-0.1, -0.05) is 0 Å². The zero-order valence-corrected chi connectivity index (χ0v) is 9.10. The molecule has 1 aromatic rings. The molecule has 88 valence electrons. The van der Waals surface area contributed by atoms with Gasteiger partial charge in [-0.3, -0.25) is 0 Å². The van der Waals surface area contributed by atoms with Crippen molar-refractivity contribution in [3.8, 4) is 17.2 Å². The molecule has 2 rings (SSSR count). The Morgan fingerprint density at radius 2 is 2.25 bits per heavy atom. The maximum Gasteiger partial charge on any atom is 0.231 e. The van der Waals surface area contributed by atoms with Gasteiger partial charge in [-0.25, -0.2) is 0 Å². The van der Waals surface area contributed by atoms with Crippen LogP contribution in [0.3, 0.4) is 0 Å². The second kappa shape index (κ2) is 5.05. The molecule has 0 saturated carbocycles. The quantitative estimate of drug-likeness (QED) is 0.758. The molecule has 0 fully saturated rings. The minimum atomic E-state index is -0.518. The lowest BCUT2D eigenvalue weighted by Gasteiger charge is -2.11. The zero-order chi connectivity index (χ0) is 11.4. The Bertz CT molecular complexity index is 356. The van der Waals surface area contributed by atoms with Crippen LogP contribution < -0.4 is 19.5 Å². The van der Waals surface area contributed by atoms with Crippen LogP contribution >= 0.6 is 0 Å². The Balaban J connectivity index is 1.90.